The van der Waals surface area contributed by atoms with Crippen molar-refractivity contribution in [1.29, 1.82) is 0 Å². The van der Waals surface area contributed by atoms with Crippen LogP contribution in [-0.2, 0) is 6.54 Å². The molecule has 98 valence electrons. The van der Waals surface area contributed by atoms with E-state index in [-0.39, 0.29) is 6.54 Å². The molecule has 0 heterocycles. The number of nitrogens with one attached hydrogen (secondary N) is 1. The first kappa shape index (κ1) is 14.5. The number of nitrogens with zero attached hydrogens (tertiary/aromatic N) is 3. The second-order valence-electron chi connectivity index (χ2n) is 3.95. The van der Waals surface area contributed by atoms with Crippen LogP contribution in [0.15, 0.2) is 29.4 Å². The van der Waals surface area contributed by atoms with Gasteiger partial charge in [-0.05, 0) is 23.2 Å². The molecule has 0 spiro atoms. The average molecular weight is 250 g/mol. The molecule has 0 amide bonds. The minimum atomic E-state index is -1.09. The summed E-state index contributed by atoms with van der Waals surface area (Å²) < 4.78 is 0. The quantitative estimate of drug-likeness (QED) is 0.388. The molecule has 0 saturated heterocycles. The summed E-state index contributed by atoms with van der Waals surface area (Å²) in [5.74, 6) is 0. The number of aliphatic hydroxyl groups excluding tert-OH is 2. The minimum Gasteiger partial charge on any atom is -0.390 e. The molecule has 0 fully saturated rings. The van der Waals surface area contributed by atoms with E-state index in [1.54, 1.807) is 6.07 Å². The Bertz CT molecular complexity index is 418. The molecule has 18 heavy (non-hydrogen) atoms. The lowest BCUT2D eigenvalue weighted by Gasteiger charge is -2.17. The summed E-state index contributed by atoms with van der Waals surface area (Å²) in [4.78, 5) is 2.55. The number of hydrogen-bond donors (Lipinski definition) is 3. The summed E-state index contributed by atoms with van der Waals surface area (Å²) in [7, 11) is 0. The second kappa shape index (κ2) is 7.68. The lowest BCUT2D eigenvalue weighted by molar-refractivity contribution is 0.0243. The zero-order valence-electron chi connectivity index (χ0n) is 10.3. The monoisotopic (exact) mass is 250 g/mol. The van der Waals surface area contributed by atoms with Crippen LogP contribution in [0.4, 0.5) is 0 Å². The van der Waals surface area contributed by atoms with Crippen LogP contribution in [0.3, 0.4) is 0 Å². The van der Waals surface area contributed by atoms with Crippen molar-refractivity contribution in [2.45, 2.75) is 25.7 Å². The van der Waals surface area contributed by atoms with Gasteiger partial charge in [-0.2, -0.15) is 0 Å². The number of rotatable bonds is 7. The zero-order chi connectivity index (χ0) is 13.4. The highest BCUT2D eigenvalue weighted by atomic mass is 16.3. The van der Waals surface area contributed by atoms with Crippen molar-refractivity contribution < 1.29 is 10.2 Å². The van der Waals surface area contributed by atoms with Crippen molar-refractivity contribution in [1.82, 2.24) is 5.32 Å². The van der Waals surface area contributed by atoms with Gasteiger partial charge in [0, 0.05) is 11.5 Å². The molecular formula is C12H18N4O2. The number of hydrogen-bond acceptors (Lipinski definition) is 4. The van der Waals surface area contributed by atoms with Gasteiger partial charge in [0.2, 0.25) is 0 Å². The average Bonchev–Trinajstić information content (AvgIpc) is 2.42. The van der Waals surface area contributed by atoms with E-state index >= 15 is 0 Å². The molecule has 0 bridgehead atoms. The van der Waals surface area contributed by atoms with Gasteiger partial charge < -0.3 is 15.5 Å². The summed E-state index contributed by atoms with van der Waals surface area (Å²) in [6.07, 6.45) is -2.13. The molecule has 0 aliphatic carbocycles. The van der Waals surface area contributed by atoms with Crippen LogP contribution in [0.5, 0.6) is 0 Å². The van der Waals surface area contributed by atoms with Crippen LogP contribution < -0.4 is 5.32 Å². The normalized spacial score (nSPS) is 13.7. The molecule has 0 aliphatic heterocycles. The first-order valence-electron chi connectivity index (χ1n) is 5.85. The molecule has 1 rings (SSSR count). The van der Waals surface area contributed by atoms with E-state index in [2.05, 4.69) is 15.3 Å². The van der Waals surface area contributed by atoms with Crippen molar-refractivity contribution >= 4 is 0 Å². The van der Waals surface area contributed by atoms with Gasteiger partial charge in [-0.15, -0.1) is 0 Å². The van der Waals surface area contributed by atoms with Crippen molar-refractivity contribution in [3.63, 3.8) is 0 Å². The van der Waals surface area contributed by atoms with E-state index in [1.807, 2.05) is 25.1 Å². The largest absolute Gasteiger partial charge is 0.390 e. The van der Waals surface area contributed by atoms with Crippen LogP contribution in [-0.4, -0.2) is 29.4 Å². The summed E-state index contributed by atoms with van der Waals surface area (Å²) in [5, 5.41) is 26.0. The first-order chi connectivity index (χ1) is 8.69. The third-order valence-electron chi connectivity index (χ3n) is 2.57. The third kappa shape index (κ3) is 4.35. The van der Waals surface area contributed by atoms with Gasteiger partial charge in [0.15, 0.2) is 0 Å². The fraction of sp³-hybridized carbons (Fsp3) is 0.500. The second-order valence-corrected chi connectivity index (χ2v) is 3.95. The molecule has 0 aliphatic rings. The molecular weight excluding hydrogens is 232 g/mol. The fourth-order valence-electron chi connectivity index (χ4n) is 1.60. The summed E-state index contributed by atoms with van der Waals surface area (Å²) in [6.45, 7) is 3.45. The van der Waals surface area contributed by atoms with Gasteiger partial charge >= 0.3 is 0 Å². The maximum absolute atomic E-state index is 9.91. The number of aliphatic hydroxyl groups is 2. The molecule has 6 nitrogen and oxygen atoms in total. The first-order valence-corrected chi connectivity index (χ1v) is 5.85. The Morgan fingerprint density at radius 3 is 2.89 bits per heavy atom. The summed E-state index contributed by atoms with van der Waals surface area (Å²) >= 11 is 0. The van der Waals surface area contributed by atoms with Crippen molar-refractivity contribution in [3.05, 3.63) is 45.8 Å². The predicted octanol–water partition coefficient (Wildman–Crippen LogP) is 1.50. The third-order valence-corrected chi connectivity index (χ3v) is 2.57. The Labute approximate surface area is 106 Å². The van der Waals surface area contributed by atoms with Crippen molar-refractivity contribution in [3.8, 4) is 0 Å². The Morgan fingerprint density at radius 1 is 1.44 bits per heavy atom. The predicted molar refractivity (Wildman–Crippen MR) is 68.8 cm³/mol. The highest BCUT2D eigenvalue weighted by molar-refractivity contribution is 5.25. The van der Waals surface area contributed by atoms with E-state index in [0.29, 0.717) is 12.1 Å². The van der Waals surface area contributed by atoms with E-state index in [0.717, 1.165) is 12.1 Å². The topological polar surface area (TPSA) is 101 Å². The minimum absolute atomic E-state index is 0.144. The van der Waals surface area contributed by atoms with E-state index < -0.39 is 12.2 Å². The van der Waals surface area contributed by atoms with Gasteiger partial charge in [0.25, 0.3) is 0 Å². The maximum Gasteiger partial charge on any atom is 0.105 e. The molecule has 2 atom stereocenters. The highest BCUT2D eigenvalue weighted by Crippen LogP contribution is 2.18. The van der Waals surface area contributed by atoms with Crippen LogP contribution in [0.1, 0.15) is 24.2 Å². The van der Waals surface area contributed by atoms with Crippen molar-refractivity contribution in [2.75, 3.05) is 13.1 Å². The highest BCUT2D eigenvalue weighted by Gasteiger charge is 2.17. The molecule has 0 saturated carbocycles. The maximum atomic E-state index is 9.91. The summed E-state index contributed by atoms with van der Waals surface area (Å²) in [5.41, 5.74) is 9.81. The van der Waals surface area contributed by atoms with Crippen molar-refractivity contribution in [2.24, 2.45) is 5.11 Å². The fourth-order valence-corrected chi connectivity index (χ4v) is 1.60. The number of azide groups is 1. The molecule has 6 heteroatoms. The molecule has 3 N–H and O–H groups in total. The van der Waals surface area contributed by atoms with Gasteiger partial charge in [0.1, 0.15) is 6.10 Å². The van der Waals surface area contributed by atoms with E-state index in [9.17, 15) is 10.2 Å². The lowest BCUT2D eigenvalue weighted by atomic mass is 10.0. The SMILES string of the molecule is CCNCc1cccc(C(O)C(O)CN=[N+]=[N-])c1. The smallest absolute Gasteiger partial charge is 0.105 e. The molecule has 1 aromatic rings. The lowest BCUT2D eigenvalue weighted by Crippen LogP contribution is -2.21. The van der Waals surface area contributed by atoms with E-state index in [1.165, 1.54) is 0 Å². The molecule has 0 aromatic heterocycles. The van der Waals surface area contributed by atoms with Crippen LogP contribution in [0.25, 0.3) is 10.4 Å². The van der Waals surface area contributed by atoms with E-state index in [4.69, 9.17) is 5.53 Å². The Balaban J connectivity index is 2.72. The molecule has 2 unspecified atom stereocenters. The Kier molecular flexibility index (Phi) is 6.18. The van der Waals surface area contributed by atoms with Crippen LogP contribution in [0, 0.1) is 0 Å². The summed E-state index contributed by atoms with van der Waals surface area (Å²) in [6, 6.07) is 7.33. The van der Waals surface area contributed by atoms with Gasteiger partial charge in [-0.1, -0.05) is 36.3 Å². The molecule has 1 aromatic carbocycles. The van der Waals surface area contributed by atoms with Crippen LogP contribution in [0.2, 0.25) is 0 Å². The Hall–Kier alpha value is -1.59. The standard InChI is InChI=1S/C12H18N4O2/c1-2-14-7-9-4-3-5-10(6-9)12(18)11(17)8-15-16-13/h3-6,11-12,14,17-18H,2,7-8H2,1H3. The van der Waals surface area contributed by atoms with Crippen LogP contribution >= 0.6 is 0 Å². The van der Waals surface area contributed by atoms with Gasteiger partial charge in [-0.25, -0.2) is 0 Å². The van der Waals surface area contributed by atoms with Gasteiger partial charge in [-0.3, -0.25) is 0 Å². The molecule has 0 radical (unpaired) electrons. The number of benzene rings is 1. The zero-order valence-corrected chi connectivity index (χ0v) is 10.3. The van der Waals surface area contributed by atoms with Gasteiger partial charge in [0.05, 0.1) is 12.6 Å². The Morgan fingerprint density at radius 2 is 2.22 bits per heavy atom.